The fourth-order valence-electron chi connectivity index (χ4n) is 5.17. The number of aromatic nitrogens is 3. The van der Waals surface area contributed by atoms with Crippen molar-refractivity contribution in [1.29, 1.82) is 0 Å². The average molecular weight is 574 g/mol. The number of ether oxygens (including phenoxy) is 1. The number of Topliss-reactive ketones (excluding diaryl/α,β-unsaturated/α-hetero) is 1. The Morgan fingerprint density at radius 3 is 2.45 bits per heavy atom. The molecule has 3 heterocycles. The average Bonchev–Trinajstić information content (AvgIpc) is 3.42. The molecule has 0 spiro atoms. The van der Waals surface area contributed by atoms with Gasteiger partial charge in [-0.15, -0.1) is 12.4 Å². The van der Waals surface area contributed by atoms with Gasteiger partial charge in [0, 0.05) is 31.6 Å². The van der Waals surface area contributed by atoms with Gasteiger partial charge in [-0.3, -0.25) is 9.69 Å². The van der Waals surface area contributed by atoms with E-state index in [0.29, 0.717) is 36.2 Å². The smallest absolute Gasteiger partial charge is 0.164 e. The summed E-state index contributed by atoms with van der Waals surface area (Å²) in [5, 5.41) is 22.3. The summed E-state index contributed by atoms with van der Waals surface area (Å²) in [7, 11) is 0. The molecule has 0 saturated carbocycles. The van der Waals surface area contributed by atoms with Crippen molar-refractivity contribution >= 4 is 35.0 Å². The van der Waals surface area contributed by atoms with E-state index in [0.717, 1.165) is 24.9 Å². The lowest BCUT2D eigenvalue weighted by Crippen LogP contribution is -2.43. The van der Waals surface area contributed by atoms with E-state index in [1.54, 1.807) is 16.8 Å². The van der Waals surface area contributed by atoms with E-state index in [2.05, 4.69) is 73.8 Å². The summed E-state index contributed by atoms with van der Waals surface area (Å²) in [5.41, 5.74) is 8.92. The summed E-state index contributed by atoms with van der Waals surface area (Å²) >= 11 is 0. The van der Waals surface area contributed by atoms with Crippen LogP contribution in [0.5, 0.6) is 0 Å². The van der Waals surface area contributed by atoms with Crippen molar-refractivity contribution < 1.29 is 19.7 Å². The number of nitrogens with zero attached hydrogens (tertiary/aromatic N) is 4. The lowest BCUT2D eigenvalue weighted by Gasteiger charge is -2.30. The van der Waals surface area contributed by atoms with Gasteiger partial charge in [0.05, 0.1) is 5.39 Å². The quantitative estimate of drug-likeness (QED) is 0.293. The van der Waals surface area contributed by atoms with Crippen LogP contribution in [0, 0.1) is 0 Å². The third-order valence-corrected chi connectivity index (χ3v) is 7.67. The van der Waals surface area contributed by atoms with Crippen molar-refractivity contribution in [3.63, 3.8) is 0 Å². The van der Waals surface area contributed by atoms with Gasteiger partial charge in [-0.25, -0.2) is 9.97 Å². The van der Waals surface area contributed by atoms with Crippen molar-refractivity contribution in [2.24, 2.45) is 0 Å². The van der Waals surface area contributed by atoms with Crippen LogP contribution in [-0.4, -0.2) is 72.9 Å². The summed E-state index contributed by atoms with van der Waals surface area (Å²) in [6, 6.07) is 10.4. The van der Waals surface area contributed by atoms with E-state index >= 15 is 0 Å². The van der Waals surface area contributed by atoms with Gasteiger partial charge < -0.3 is 25.3 Å². The van der Waals surface area contributed by atoms with Crippen molar-refractivity contribution in [3.05, 3.63) is 54.0 Å². The van der Waals surface area contributed by atoms with Gasteiger partial charge in [0.1, 0.15) is 41.9 Å². The summed E-state index contributed by atoms with van der Waals surface area (Å²) in [6.07, 6.45) is 2.30. The number of unbranched alkanes of at least 4 members (excludes halogenated alkanes) is 1. The molecule has 0 aliphatic carbocycles. The maximum Gasteiger partial charge on any atom is 0.164 e. The highest BCUT2D eigenvalue weighted by atomic mass is 35.5. The summed E-state index contributed by atoms with van der Waals surface area (Å²) < 4.78 is 7.86. The number of ketones is 1. The fourth-order valence-corrected chi connectivity index (χ4v) is 5.17. The molecule has 1 fully saturated rings. The zero-order valence-corrected chi connectivity index (χ0v) is 25.0. The monoisotopic (exact) mass is 573 g/mol. The first-order valence-electron chi connectivity index (χ1n) is 13.9. The molecule has 2 aromatic heterocycles. The van der Waals surface area contributed by atoms with Gasteiger partial charge in [-0.05, 0) is 55.8 Å². The van der Waals surface area contributed by atoms with E-state index in [4.69, 9.17) is 10.5 Å². The second kappa shape index (κ2) is 13.4. The molecule has 1 aromatic carbocycles. The first-order chi connectivity index (χ1) is 18.5. The summed E-state index contributed by atoms with van der Waals surface area (Å²) in [4.78, 5) is 23.1. The molecule has 1 unspecified atom stereocenters. The third kappa shape index (κ3) is 7.39. The Kier molecular flexibility index (Phi) is 10.7. The van der Waals surface area contributed by atoms with E-state index in [-0.39, 0.29) is 29.6 Å². The topological polar surface area (TPSA) is 127 Å². The van der Waals surface area contributed by atoms with Crippen LogP contribution in [0.25, 0.3) is 11.0 Å². The first kappa shape index (κ1) is 32.0. The van der Waals surface area contributed by atoms with Crippen LogP contribution >= 0.6 is 12.4 Å². The van der Waals surface area contributed by atoms with Crippen molar-refractivity contribution in [3.8, 4) is 0 Å². The third-order valence-electron chi connectivity index (χ3n) is 7.67. The molecule has 1 saturated heterocycles. The standard InChI is InChI=1S/C30H43N5O4.ClH/c1-19(2)34(14-7-6-8-22(36)16-20-9-11-21(12-10-20)30(3,4)5)17-24-25(37)26(38)29(39-24)35-15-13-23-27(31)32-18-33-28(23)35;/h9-13,15,18-19,24-26,29,37-38H,6-8,14,16-17H2,1-5H3,(H2,31,32,33);1H/t24-,25-,26?,29-;/m1./s1. The number of hydrogen-bond donors (Lipinski definition) is 3. The van der Waals surface area contributed by atoms with Crippen LogP contribution in [-0.2, 0) is 21.4 Å². The first-order valence-corrected chi connectivity index (χ1v) is 13.9. The molecular formula is C30H44ClN5O4. The largest absolute Gasteiger partial charge is 0.387 e. The Hall–Kier alpha value is -2.56. The number of carbonyl (C=O) groups excluding carboxylic acids is 1. The lowest BCUT2D eigenvalue weighted by molar-refractivity contribution is -0.118. The molecular weight excluding hydrogens is 530 g/mol. The zero-order chi connectivity index (χ0) is 28.3. The van der Waals surface area contributed by atoms with Crippen LogP contribution < -0.4 is 5.73 Å². The number of carbonyl (C=O) groups is 1. The highest BCUT2D eigenvalue weighted by molar-refractivity contribution is 5.86. The molecule has 4 atom stereocenters. The van der Waals surface area contributed by atoms with E-state index in [9.17, 15) is 15.0 Å². The van der Waals surface area contributed by atoms with E-state index < -0.39 is 24.5 Å². The van der Waals surface area contributed by atoms with Gasteiger partial charge in [0.25, 0.3) is 0 Å². The van der Waals surface area contributed by atoms with E-state index in [1.807, 2.05) is 0 Å². The molecule has 4 rings (SSSR count). The minimum atomic E-state index is -1.11. The normalized spacial score (nSPS) is 21.3. The lowest BCUT2D eigenvalue weighted by atomic mass is 9.86. The molecule has 10 heteroatoms. The SMILES string of the molecule is CC(C)N(CCCCC(=O)Cc1ccc(C(C)(C)C)cc1)C[C@H]1O[C@@H](n2ccc3c(N)ncnc32)C(O)[C@@H]1O.Cl. The molecule has 0 amide bonds. The van der Waals surface area contributed by atoms with Gasteiger partial charge in [-0.2, -0.15) is 0 Å². The molecule has 1 aliphatic rings. The minimum absolute atomic E-state index is 0. The minimum Gasteiger partial charge on any atom is -0.387 e. The molecule has 4 N–H and O–H groups in total. The number of anilines is 1. The van der Waals surface area contributed by atoms with Crippen molar-refractivity contribution in [2.45, 2.75) is 96.3 Å². The molecule has 9 nitrogen and oxygen atoms in total. The highest BCUT2D eigenvalue weighted by Crippen LogP contribution is 2.33. The number of fused-ring (bicyclic) bond motifs is 1. The predicted molar refractivity (Wildman–Crippen MR) is 160 cm³/mol. The maximum atomic E-state index is 12.6. The van der Waals surface area contributed by atoms with Crippen molar-refractivity contribution in [2.75, 3.05) is 18.8 Å². The van der Waals surface area contributed by atoms with E-state index in [1.165, 1.54) is 11.9 Å². The highest BCUT2D eigenvalue weighted by Gasteiger charge is 2.44. The zero-order valence-electron chi connectivity index (χ0n) is 24.2. The predicted octanol–water partition coefficient (Wildman–Crippen LogP) is 4.04. The number of rotatable bonds is 11. The summed E-state index contributed by atoms with van der Waals surface area (Å²) in [6.45, 7) is 12.0. The van der Waals surface area contributed by atoms with Gasteiger partial charge in [0.15, 0.2) is 6.23 Å². The molecule has 0 bridgehead atoms. The Morgan fingerprint density at radius 1 is 1.10 bits per heavy atom. The number of benzene rings is 1. The van der Waals surface area contributed by atoms with Crippen LogP contribution in [0.1, 0.15) is 71.2 Å². The fraction of sp³-hybridized carbons (Fsp3) is 0.567. The Balaban J connectivity index is 0.00000441. The Morgan fingerprint density at radius 2 is 1.80 bits per heavy atom. The van der Waals surface area contributed by atoms with Gasteiger partial charge in [0.2, 0.25) is 0 Å². The van der Waals surface area contributed by atoms with Crippen LogP contribution in [0.15, 0.2) is 42.9 Å². The molecule has 40 heavy (non-hydrogen) atoms. The second-order valence-electron chi connectivity index (χ2n) is 12.0. The second-order valence-corrected chi connectivity index (χ2v) is 12.0. The number of aliphatic hydroxyl groups is 2. The Labute approximate surface area is 243 Å². The number of nitrogen functional groups attached to an aromatic ring is 1. The maximum absolute atomic E-state index is 12.6. The molecule has 1 aliphatic heterocycles. The van der Waals surface area contributed by atoms with Crippen molar-refractivity contribution in [1.82, 2.24) is 19.4 Å². The Bertz CT molecular complexity index is 1260. The number of halogens is 1. The van der Waals surface area contributed by atoms with Gasteiger partial charge in [-0.1, -0.05) is 45.0 Å². The number of nitrogens with two attached hydrogens (primary N) is 1. The van der Waals surface area contributed by atoms with Crippen LogP contribution in [0.2, 0.25) is 0 Å². The molecule has 220 valence electrons. The molecule has 0 radical (unpaired) electrons. The molecule has 3 aromatic rings. The summed E-state index contributed by atoms with van der Waals surface area (Å²) in [5.74, 6) is 0.602. The van der Waals surface area contributed by atoms with Gasteiger partial charge >= 0.3 is 0 Å². The van der Waals surface area contributed by atoms with Crippen LogP contribution in [0.3, 0.4) is 0 Å². The number of aliphatic hydroxyl groups excluding tert-OH is 2. The number of hydrogen-bond acceptors (Lipinski definition) is 8. The van der Waals surface area contributed by atoms with Crippen LogP contribution in [0.4, 0.5) is 5.82 Å².